The third-order valence-corrected chi connectivity index (χ3v) is 6.34. The average molecular weight is 469 g/mol. The molecule has 0 bridgehead atoms. The lowest BCUT2D eigenvalue weighted by Gasteiger charge is -2.09. The molecule has 4 rings (SSSR count). The smallest absolute Gasteiger partial charge is 0.208 e. The van der Waals surface area contributed by atoms with Gasteiger partial charge in [0.1, 0.15) is 17.4 Å². The maximum atomic E-state index is 5.75. The quantitative estimate of drug-likeness (QED) is 0.307. The number of hydrogen-bond acceptors (Lipinski definition) is 8. The predicted octanol–water partition coefficient (Wildman–Crippen LogP) is 5.52. The summed E-state index contributed by atoms with van der Waals surface area (Å²) in [5.41, 5.74) is 3.17. The lowest BCUT2D eigenvalue weighted by Crippen LogP contribution is -1.97. The first kappa shape index (κ1) is 22.2. The van der Waals surface area contributed by atoms with E-state index in [1.807, 2.05) is 56.3 Å². The lowest BCUT2D eigenvalue weighted by atomic mass is 10.2. The van der Waals surface area contributed by atoms with Gasteiger partial charge in [0.15, 0.2) is 17.3 Å². The number of aryl methyl sites for hydroxylation is 1. The van der Waals surface area contributed by atoms with E-state index in [1.54, 1.807) is 18.4 Å². The first-order valence-electron chi connectivity index (χ1n) is 10.1. The van der Waals surface area contributed by atoms with E-state index in [0.717, 1.165) is 27.8 Å². The maximum absolute atomic E-state index is 5.75. The van der Waals surface area contributed by atoms with E-state index in [2.05, 4.69) is 20.6 Å². The standard InChI is InChI=1S/C23H24N4O3S2/c1-4-29-19-10-7-16(11-20(19)28-3)22-24-17(13-31-22)14-32-23-25-21(26-27-23)12-30-18-8-5-15(2)6-9-18/h5-11,13H,4,12,14H2,1-3H3,(H,25,26,27). The van der Waals surface area contributed by atoms with Crippen LogP contribution in [0.1, 0.15) is 24.0 Å². The van der Waals surface area contributed by atoms with Crippen molar-refractivity contribution in [1.29, 1.82) is 0 Å². The predicted molar refractivity (Wildman–Crippen MR) is 127 cm³/mol. The van der Waals surface area contributed by atoms with E-state index in [4.69, 9.17) is 19.2 Å². The summed E-state index contributed by atoms with van der Waals surface area (Å²) in [6.45, 7) is 4.93. The van der Waals surface area contributed by atoms with Gasteiger partial charge in [-0.05, 0) is 44.2 Å². The van der Waals surface area contributed by atoms with Gasteiger partial charge < -0.3 is 14.2 Å². The van der Waals surface area contributed by atoms with Crippen LogP contribution in [0.25, 0.3) is 10.6 Å². The van der Waals surface area contributed by atoms with Crippen LogP contribution in [0.4, 0.5) is 0 Å². The highest BCUT2D eigenvalue weighted by Gasteiger charge is 2.11. The minimum atomic E-state index is 0.344. The highest BCUT2D eigenvalue weighted by atomic mass is 32.2. The topological polar surface area (TPSA) is 82.2 Å². The van der Waals surface area contributed by atoms with E-state index in [0.29, 0.717) is 35.7 Å². The Kier molecular flexibility index (Phi) is 7.28. The molecule has 0 atom stereocenters. The zero-order valence-electron chi connectivity index (χ0n) is 18.1. The Morgan fingerprint density at radius 2 is 1.88 bits per heavy atom. The number of nitrogens with one attached hydrogen (secondary N) is 1. The third kappa shape index (κ3) is 5.60. The fraction of sp³-hybridized carbons (Fsp3) is 0.261. The van der Waals surface area contributed by atoms with Crippen LogP contribution in [-0.2, 0) is 12.4 Å². The summed E-state index contributed by atoms with van der Waals surface area (Å²) in [6, 6.07) is 13.8. The molecule has 32 heavy (non-hydrogen) atoms. The molecule has 0 aliphatic rings. The molecule has 2 aromatic carbocycles. The summed E-state index contributed by atoms with van der Waals surface area (Å²) in [5, 5.41) is 10.9. The van der Waals surface area contributed by atoms with Gasteiger partial charge in [0, 0.05) is 16.7 Å². The lowest BCUT2D eigenvalue weighted by molar-refractivity contribution is 0.296. The molecule has 2 aromatic heterocycles. The molecular weight excluding hydrogens is 444 g/mol. The van der Waals surface area contributed by atoms with Crippen molar-refractivity contribution in [2.75, 3.05) is 13.7 Å². The minimum Gasteiger partial charge on any atom is -0.493 e. The van der Waals surface area contributed by atoms with Crippen molar-refractivity contribution in [2.45, 2.75) is 31.4 Å². The van der Waals surface area contributed by atoms with Crippen LogP contribution in [0.2, 0.25) is 0 Å². The van der Waals surface area contributed by atoms with Crippen LogP contribution in [0.15, 0.2) is 53.0 Å². The summed E-state index contributed by atoms with van der Waals surface area (Å²) in [4.78, 5) is 9.24. The molecule has 0 aliphatic heterocycles. The Bertz CT molecular complexity index is 1160. The molecular formula is C23H24N4O3S2. The second-order valence-electron chi connectivity index (χ2n) is 6.90. The van der Waals surface area contributed by atoms with Crippen molar-refractivity contribution >= 4 is 23.1 Å². The molecule has 0 fully saturated rings. The summed E-state index contributed by atoms with van der Waals surface area (Å²) >= 11 is 3.13. The zero-order chi connectivity index (χ0) is 22.3. The Balaban J connectivity index is 1.33. The van der Waals surface area contributed by atoms with Crippen molar-refractivity contribution in [3.05, 3.63) is 64.9 Å². The molecule has 0 radical (unpaired) electrons. The van der Waals surface area contributed by atoms with Crippen LogP contribution >= 0.6 is 23.1 Å². The van der Waals surface area contributed by atoms with Gasteiger partial charge >= 0.3 is 0 Å². The largest absolute Gasteiger partial charge is 0.493 e. The molecule has 0 amide bonds. The Labute approximate surface area is 195 Å². The molecule has 0 aliphatic carbocycles. The number of methoxy groups -OCH3 is 1. The number of H-pyrrole nitrogens is 1. The van der Waals surface area contributed by atoms with Crippen molar-refractivity contribution in [1.82, 2.24) is 20.2 Å². The number of aromatic nitrogens is 4. The Morgan fingerprint density at radius 1 is 1.03 bits per heavy atom. The van der Waals surface area contributed by atoms with E-state index >= 15 is 0 Å². The fourth-order valence-corrected chi connectivity index (χ4v) is 4.54. The summed E-state index contributed by atoms with van der Waals surface area (Å²) in [5.74, 6) is 3.62. The maximum Gasteiger partial charge on any atom is 0.208 e. The number of aromatic amines is 1. The average Bonchev–Trinajstić information content (AvgIpc) is 3.47. The number of benzene rings is 2. The van der Waals surface area contributed by atoms with Gasteiger partial charge in [0.25, 0.3) is 0 Å². The molecule has 0 saturated carbocycles. The van der Waals surface area contributed by atoms with Crippen LogP contribution < -0.4 is 14.2 Å². The zero-order valence-corrected chi connectivity index (χ0v) is 19.8. The van der Waals surface area contributed by atoms with Crippen LogP contribution in [-0.4, -0.2) is 33.9 Å². The monoisotopic (exact) mass is 468 g/mol. The molecule has 7 nitrogen and oxygen atoms in total. The normalized spacial score (nSPS) is 10.8. The minimum absolute atomic E-state index is 0.344. The molecule has 0 spiro atoms. The second-order valence-corrected chi connectivity index (χ2v) is 8.70. The molecule has 2 heterocycles. The number of nitrogens with zero attached hydrogens (tertiary/aromatic N) is 3. The summed E-state index contributed by atoms with van der Waals surface area (Å²) in [6.07, 6.45) is 0. The molecule has 0 unspecified atom stereocenters. The number of rotatable bonds is 10. The number of hydrogen-bond donors (Lipinski definition) is 1. The van der Waals surface area contributed by atoms with Crippen molar-refractivity contribution in [3.8, 4) is 27.8 Å². The first-order valence-corrected chi connectivity index (χ1v) is 12.0. The third-order valence-electron chi connectivity index (χ3n) is 4.52. The SMILES string of the molecule is CCOc1ccc(-c2nc(CSc3n[nH]c(COc4ccc(C)cc4)n3)cs2)cc1OC. The molecule has 0 saturated heterocycles. The molecule has 1 N–H and O–H groups in total. The van der Waals surface area contributed by atoms with E-state index in [1.165, 1.54) is 17.3 Å². The molecule has 166 valence electrons. The van der Waals surface area contributed by atoms with Crippen molar-refractivity contribution < 1.29 is 14.2 Å². The van der Waals surface area contributed by atoms with E-state index in [9.17, 15) is 0 Å². The fourth-order valence-electron chi connectivity index (χ4n) is 2.91. The van der Waals surface area contributed by atoms with Gasteiger partial charge in [-0.2, -0.15) is 0 Å². The van der Waals surface area contributed by atoms with Gasteiger partial charge in [0.2, 0.25) is 5.16 Å². The molecule has 4 aromatic rings. The first-order chi connectivity index (χ1) is 15.6. The summed E-state index contributed by atoms with van der Waals surface area (Å²) < 4.78 is 16.8. The highest BCUT2D eigenvalue weighted by molar-refractivity contribution is 7.98. The van der Waals surface area contributed by atoms with Crippen LogP contribution in [0.5, 0.6) is 17.2 Å². The molecule has 9 heteroatoms. The van der Waals surface area contributed by atoms with Crippen LogP contribution in [0.3, 0.4) is 0 Å². The number of ether oxygens (including phenoxy) is 3. The Morgan fingerprint density at radius 3 is 2.66 bits per heavy atom. The second kappa shape index (κ2) is 10.5. The van der Waals surface area contributed by atoms with Crippen molar-refractivity contribution in [3.63, 3.8) is 0 Å². The highest BCUT2D eigenvalue weighted by Crippen LogP contribution is 2.34. The van der Waals surface area contributed by atoms with Gasteiger partial charge in [-0.25, -0.2) is 9.97 Å². The summed E-state index contributed by atoms with van der Waals surface area (Å²) in [7, 11) is 1.64. The van der Waals surface area contributed by atoms with Crippen molar-refractivity contribution in [2.24, 2.45) is 0 Å². The van der Waals surface area contributed by atoms with Gasteiger partial charge in [-0.1, -0.05) is 29.5 Å². The van der Waals surface area contributed by atoms with E-state index < -0.39 is 0 Å². The number of thiazole rings is 1. The van der Waals surface area contributed by atoms with Crippen LogP contribution in [0, 0.1) is 6.92 Å². The van der Waals surface area contributed by atoms with Gasteiger partial charge in [-0.3, -0.25) is 5.10 Å². The number of thioether (sulfide) groups is 1. The Hall–Kier alpha value is -3.04. The van der Waals surface area contributed by atoms with E-state index in [-0.39, 0.29) is 0 Å². The van der Waals surface area contributed by atoms with Gasteiger partial charge in [-0.15, -0.1) is 16.4 Å². The van der Waals surface area contributed by atoms with Gasteiger partial charge in [0.05, 0.1) is 19.4 Å².